The van der Waals surface area contributed by atoms with Gasteiger partial charge in [-0.2, -0.15) is 13.2 Å². The fraction of sp³-hybridized carbons (Fsp3) is 0.286. The summed E-state index contributed by atoms with van der Waals surface area (Å²) < 4.78 is 33.4. The van der Waals surface area contributed by atoms with Gasteiger partial charge in [-0.05, 0) is 6.07 Å². The first-order valence-electron chi connectivity index (χ1n) is 6.65. The smallest absolute Gasteiger partial charge is 0.480 e. The molecule has 1 aromatic heterocycles. The van der Waals surface area contributed by atoms with Crippen LogP contribution in [0.2, 0.25) is 0 Å². The molecule has 0 unspecified atom stereocenters. The number of rotatable bonds is 4. The third kappa shape index (κ3) is 6.16. The summed E-state index contributed by atoms with van der Waals surface area (Å²) in [5, 5.41) is 21.2. The number of fused-ring (bicyclic) bond motifs is 1. The number of nitrogens with zero attached hydrogens (tertiary/aromatic N) is 2. The number of aryl methyl sites for hydroxylation is 1. The molecule has 0 saturated carbocycles. The van der Waals surface area contributed by atoms with E-state index in [0.717, 1.165) is 10.9 Å². The average Bonchev–Trinajstić information content (AvgIpc) is 2.52. The first-order chi connectivity index (χ1) is 11.1. The topological polar surface area (TPSA) is 117 Å². The first-order valence-corrected chi connectivity index (χ1v) is 6.65. The lowest BCUT2D eigenvalue weighted by Crippen LogP contribution is -2.42. The van der Waals surface area contributed by atoms with Crippen molar-refractivity contribution in [2.24, 2.45) is 5.73 Å². The summed E-state index contributed by atoms with van der Waals surface area (Å²) in [6.45, 7) is 0.498. The van der Waals surface area contributed by atoms with Crippen molar-refractivity contribution in [3.8, 4) is 0 Å². The van der Waals surface area contributed by atoms with E-state index in [1.54, 1.807) is 4.68 Å². The molecule has 0 bridgehead atoms. The lowest BCUT2D eigenvalue weighted by Gasteiger charge is -2.02. The summed E-state index contributed by atoms with van der Waals surface area (Å²) in [5.74, 6) is -3.74. The van der Waals surface area contributed by atoms with E-state index >= 15 is 0 Å². The van der Waals surface area contributed by atoms with E-state index in [2.05, 4.69) is 5.10 Å². The van der Waals surface area contributed by atoms with Crippen LogP contribution in [0, 0.1) is 0 Å². The molecule has 0 aliphatic rings. The second kappa shape index (κ2) is 8.20. The van der Waals surface area contributed by atoms with Gasteiger partial charge in [0.25, 0.3) is 0 Å². The molecule has 0 saturated heterocycles. The van der Waals surface area contributed by atoms with Crippen molar-refractivity contribution < 1.29 is 37.7 Å². The zero-order chi connectivity index (χ0) is 18.3. The molecule has 0 amide bonds. The zero-order valence-electron chi connectivity index (χ0n) is 12.3. The Labute approximate surface area is 134 Å². The summed E-state index contributed by atoms with van der Waals surface area (Å²) in [4.78, 5) is 19.5. The number of carbonyl (C=O) groups is 2. The Hall–Kier alpha value is -2.75. The zero-order valence-corrected chi connectivity index (χ0v) is 12.3. The monoisotopic (exact) mass is 346 g/mol. The van der Waals surface area contributed by atoms with Gasteiger partial charge in [0, 0.05) is 23.0 Å². The van der Waals surface area contributed by atoms with Gasteiger partial charge >= 0.3 is 18.1 Å². The summed E-state index contributed by atoms with van der Waals surface area (Å²) >= 11 is 0. The number of hydrogen-bond donors (Lipinski definition) is 3. The molecule has 130 valence electrons. The van der Waals surface area contributed by atoms with Crippen LogP contribution in [0.5, 0.6) is 0 Å². The second-order valence-electron chi connectivity index (χ2n) is 4.67. The molecular weight excluding hydrogens is 331 g/mol. The van der Waals surface area contributed by atoms with Gasteiger partial charge in [-0.15, -0.1) is 0 Å². The summed E-state index contributed by atoms with van der Waals surface area (Å²) in [5.41, 5.74) is 6.32. The van der Waals surface area contributed by atoms with Crippen molar-refractivity contribution in [2.45, 2.75) is 25.2 Å². The second-order valence-corrected chi connectivity index (χ2v) is 4.67. The Balaban J connectivity index is 0.000000351. The van der Waals surface area contributed by atoms with Gasteiger partial charge in [-0.25, -0.2) is 4.79 Å². The van der Waals surface area contributed by atoms with Crippen LogP contribution in [0.1, 0.15) is 6.42 Å². The maximum atomic E-state index is 10.6. The van der Waals surface area contributed by atoms with Crippen LogP contribution in [-0.4, -0.2) is 39.5 Å². The van der Waals surface area contributed by atoms with Crippen molar-refractivity contribution in [1.82, 2.24) is 5.10 Å². The van der Waals surface area contributed by atoms with Crippen LogP contribution in [-0.2, 0) is 16.1 Å². The van der Waals surface area contributed by atoms with Gasteiger partial charge < -0.3 is 15.9 Å². The van der Waals surface area contributed by atoms with Crippen LogP contribution in [0.4, 0.5) is 13.2 Å². The summed E-state index contributed by atoms with van der Waals surface area (Å²) in [6, 6.07) is 8.89. The van der Waals surface area contributed by atoms with Crippen molar-refractivity contribution in [2.75, 3.05) is 0 Å². The molecule has 4 N–H and O–H groups in total. The SMILES string of the molecule is N[C@H](CC[n+]1ccc2ccccc2n1)C(=O)O.O=C(O)C(F)(F)F. The van der Waals surface area contributed by atoms with Crippen molar-refractivity contribution in [3.05, 3.63) is 36.5 Å². The highest BCUT2D eigenvalue weighted by molar-refractivity contribution is 5.76. The Morgan fingerprint density at radius 3 is 2.33 bits per heavy atom. The number of aliphatic carboxylic acids is 2. The molecule has 0 fully saturated rings. The van der Waals surface area contributed by atoms with Gasteiger partial charge in [0.05, 0.1) is 0 Å². The Bertz CT molecular complexity index is 722. The van der Waals surface area contributed by atoms with E-state index < -0.39 is 24.2 Å². The van der Waals surface area contributed by atoms with Gasteiger partial charge in [0.15, 0.2) is 12.7 Å². The Morgan fingerprint density at radius 1 is 1.21 bits per heavy atom. The number of aromatic nitrogens is 2. The molecule has 0 aliphatic heterocycles. The number of halogens is 3. The molecule has 2 rings (SSSR count). The highest BCUT2D eigenvalue weighted by Crippen LogP contribution is 2.13. The van der Waals surface area contributed by atoms with E-state index in [-0.39, 0.29) is 0 Å². The third-order valence-electron chi connectivity index (χ3n) is 2.83. The van der Waals surface area contributed by atoms with Gasteiger partial charge in [-0.3, -0.25) is 4.79 Å². The first kappa shape index (κ1) is 19.3. The lowest BCUT2D eigenvalue weighted by atomic mass is 10.2. The Morgan fingerprint density at radius 2 is 1.79 bits per heavy atom. The van der Waals surface area contributed by atoms with Crippen LogP contribution in [0.3, 0.4) is 0 Å². The normalized spacial score (nSPS) is 12.2. The van der Waals surface area contributed by atoms with E-state index in [0.29, 0.717) is 13.0 Å². The predicted octanol–water partition coefficient (Wildman–Crippen LogP) is 0.958. The van der Waals surface area contributed by atoms with Crippen LogP contribution < -0.4 is 10.4 Å². The molecular formula is C14H15F3N3O4+. The van der Waals surface area contributed by atoms with Crippen molar-refractivity contribution in [1.29, 1.82) is 0 Å². The third-order valence-corrected chi connectivity index (χ3v) is 2.83. The van der Waals surface area contributed by atoms with E-state index in [1.807, 2.05) is 36.5 Å². The molecule has 7 nitrogen and oxygen atoms in total. The molecule has 0 spiro atoms. The Kier molecular flexibility index (Phi) is 6.59. The van der Waals surface area contributed by atoms with Crippen molar-refractivity contribution >= 4 is 22.8 Å². The maximum absolute atomic E-state index is 10.6. The minimum Gasteiger partial charge on any atom is -0.480 e. The molecule has 0 radical (unpaired) electrons. The largest absolute Gasteiger partial charge is 0.490 e. The van der Waals surface area contributed by atoms with Gasteiger partial charge in [0.1, 0.15) is 11.6 Å². The fourth-order valence-electron chi connectivity index (χ4n) is 1.58. The quantitative estimate of drug-likeness (QED) is 0.710. The molecule has 1 heterocycles. The molecule has 1 aromatic carbocycles. The van der Waals surface area contributed by atoms with Crippen LogP contribution >= 0.6 is 0 Å². The summed E-state index contributed by atoms with van der Waals surface area (Å²) in [7, 11) is 0. The number of benzene rings is 1. The average molecular weight is 346 g/mol. The number of carboxylic acids is 2. The number of hydrogen-bond acceptors (Lipinski definition) is 4. The number of carboxylic acid groups (broad SMARTS) is 2. The lowest BCUT2D eigenvalue weighted by molar-refractivity contribution is -0.752. The van der Waals surface area contributed by atoms with E-state index in [4.69, 9.17) is 20.7 Å². The minimum atomic E-state index is -5.08. The van der Waals surface area contributed by atoms with E-state index in [9.17, 15) is 18.0 Å². The highest BCUT2D eigenvalue weighted by Gasteiger charge is 2.38. The standard InChI is InChI=1S/C12H13N3O2.C2HF3O2/c13-10(12(16)17)6-8-15-7-5-9-3-1-2-4-11(9)14-15;3-2(4,5)1(6)7/h1-5,7,10H,6,8,13H2;(H,6,7)/p+1/t10-;/m1./s1. The molecule has 24 heavy (non-hydrogen) atoms. The maximum Gasteiger partial charge on any atom is 0.490 e. The summed E-state index contributed by atoms with van der Waals surface area (Å²) in [6.07, 6.45) is -2.89. The van der Waals surface area contributed by atoms with Crippen molar-refractivity contribution in [3.63, 3.8) is 0 Å². The fourth-order valence-corrected chi connectivity index (χ4v) is 1.58. The molecule has 1 atom stereocenters. The number of alkyl halides is 3. The number of nitrogens with two attached hydrogens (primary N) is 1. The van der Waals surface area contributed by atoms with E-state index in [1.165, 1.54) is 0 Å². The van der Waals surface area contributed by atoms with Crippen LogP contribution in [0.25, 0.3) is 10.9 Å². The van der Waals surface area contributed by atoms with Gasteiger partial charge in [-0.1, -0.05) is 22.9 Å². The van der Waals surface area contributed by atoms with Gasteiger partial charge in [0.2, 0.25) is 0 Å². The highest BCUT2D eigenvalue weighted by atomic mass is 19.4. The minimum absolute atomic E-state index is 0.366. The van der Waals surface area contributed by atoms with Crippen LogP contribution in [0.15, 0.2) is 36.5 Å². The molecule has 0 aliphatic carbocycles. The molecule has 2 aromatic rings. The molecule has 10 heteroatoms. The predicted molar refractivity (Wildman–Crippen MR) is 75.9 cm³/mol.